The van der Waals surface area contributed by atoms with Gasteiger partial charge in [0.2, 0.25) is 0 Å². The largest absolute Gasteiger partial charge is 0.306 e. The van der Waals surface area contributed by atoms with E-state index in [4.69, 9.17) is 0 Å². The van der Waals surface area contributed by atoms with Gasteiger partial charge in [0.15, 0.2) is 0 Å². The Labute approximate surface area is 138 Å². The van der Waals surface area contributed by atoms with Crippen molar-refractivity contribution in [1.82, 2.24) is 25.2 Å². The van der Waals surface area contributed by atoms with Gasteiger partial charge in [0.25, 0.3) is 0 Å². The van der Waals surface area contributed by atoms with Gasteiger partial charge in [0.05, 0.1) is 17.4 Å². The number of para-hydroxylation sites is 1. The first-order chi connectivity index (χ1) is 11.1. The van der Waals surface area contributed by atoms with Crippen LogP contribution >= 0.6 is 0 Å². The molecule has 2 aromatic rings. The summed E-state index contributed by atoms with van der Waals surface area (Å²) in [6.07, 6.45) is 5.86. The number of rotatable bonds is 6. The summed E-state index contributed by atoms with van der Waals surface area (Å²) in [5.74, 6) is 0. The van der Waals surface area contributed by atoms with Crippen molar-refractivity contribution in [2.24, 2.45) is 0 Å². The van der Waals surface area contributed by atoms with Gasteiger partial charge >= 0.3 is 0 Å². The van der Waals surface area contributed by atoms with Gasteiger partial charge in [-0.1, -0.05) is 23.4 Å². The van der Waals surface area contributed by atoms with Crippen LogP contribution < -0.4 is 5.32 Å². The third-order valence-electron chi connectivity index (χ3n) is 4.87. The second-order valence-electron chi connectivity index (χ2n) is 7.00. The van der Waals surface area contributed by atoms with Gasteiger partial charge in [-0.3, -0.25) is 0 Å². The van der Waals surface area contributed by atoms with Crippen LogP contribution in [0.3, 0.4) is 0 Å². The van der Waals surface area contributed by atoms with Crippen LogP contribution in [0.5, 0.6) is 0 Å². The molecule has 0 bridgehead atoms. The smallest absolute Gasteiger partial charge is 0.103 e. The summed E-state index contributed by atoms with van der Waals surface area (Å²) < 4.78 is 1.84. The summed E-state index contributed by atoms with van der Waals surface area (Å²) in [6, 6.07) is 10.8. The number of likely N-dealkylation sites (tertiary alicyclic amines) is 1. The van der Waals surface area contributed by atoms with Crippen molar-refractivity contribution >= 4 is 0 Å². The fraction of sp³-hybridized carbons (Fsp3) is 0.556. The first-order valence-corrected chi connectivity index (χ1v) is 8.50. The maximum absolute atomic E-state index is 4.37. The van der Waals surface area contributed by atoms with Gasteiger partial charge in [0.1, 0.15) is 5.69 Å². The molecule has 0 amide bonds. The monoisotopic (exact) mass is 313 g/mol. The van der Waals surface area contributed by atoms with E-state index in [1.807, 2.05) is 41.2 Å². The van der Waals surface area contributed by atoms with Crippen molar-refractivity contribution in [3.63, 3.8) is 0 Å². The highest BCUT2D eigenvalue weighted by molar-refractivity contribution is 5.30. The van der Waals surface area contributed by atoms with E-state index in [2.05, 4.69) is 41.4 Å². The zero-order valence-corrected chi connectivity index (χ0v) is 14.4. The molecule has 0 radical (unpaired) electrons. The average molecular weight is 313 g/mol. The number of hydrogen-bond donors (Lipinski definition) is 1. The molecule has 0 spiro atoms. The van der Waals surface area contributed by atoms with E-state index in [1.165, 1.54) is 25.8 Å². The molecule has 1 fully saturated rings. The number of nitrogens with zero attached hydrogens (tertiary/aromatic N) is 4. The van der Waals surface area contributed by atoms with Crippen molar-refractivity contribution in [2.75, 3.05) is 20.1 Å². The van der Waals surface area contributed by atoms with Gasteiger partial charge in [-0.25, -0.2) is 4.68 Å². The van der Waals surface area contributed by atoms with E-state index >= 15 is 0 Å². The molecule has 1 atom stereocenters. The Hall–Kier alpha value is -1.72. The molecular formula is C18H27N5. The first kappa shape index (κ1) is 16.1. The van der Waals surface area contributed by atoms with E-state index < -0.39 is 0 Å². The predicted molar refractivity (Wildman–Crippen MR) is 92.7 cm³/mol. The lowest BCUT2D eigenvalue weighted by molar-refractivity contribution is 0.279. The van der Waals surface area contributed by atoms with Crippen LogP contribution in [0.25, 0.3) is 5.69 Å². The van der Waals surface area contributed by atoms with Crippen LogP contribution in [0.1, 0.15) is 38.8 Å². The molecule has 3 rings (SSSR count). The lowest BCUT2D eigenvalue weighted by atomic mass is 10.0. The van der Waals surface area contributed by atoms with Crippen molar-refractivity contribution in [1.29, 1.82) is 0 Å². The van der Waals surface area contributed by atoms with E-state index in [1.54, 1.807) is 0 Å². The first-order valence-electron chi connectivity index (χ1n) is 8.50. The molecule has 0 aliphatic carbocycles. The Kier molecular flexibility index (Phi) is 4.78. The minimum Gasteiger partial charge on any atom is -0.306 e. The molecule has 5 nitrogen and oxygen atoms in total. The molecule has 5 heteroatoms. The Morgan fingerprint density at radius 3 is 2.74 bits per heavy atom. The summed E-state index contributed by atoms with van der Waals surface area (Å²) in [5.41, 5.74) is 1.83. The topological polar surface area (TPSA) is 46.0 Å². The Morgan fingerprint density at radius 1 is 1.26 bits per heavy atom. The maximum Gasteiger partial charge on any atom is 0.103 e. The summed E-state index contributed by atoms with van der Waals surface area (Å²) in [6.45, 7) is 6.58. The summed E-state index contributed by atoms with van der Waals surface area (Å²) >= 11 is 0. The Bertz CT molecular complexity index is 619. The second-order valence-corrected chi connectivity index (χ2v) is 7.00. The fourth-order valence-electron chi connectivity index (χ4n) is 3.24. The molecule has 124 valence electrons. The predicted octanol–water partition coefficient (Wildman–Crippen LogP) is 2.58. The molecule has 23 heavy (non-hydrogen) atoms. The Morgan fingerprint density at radius 2 is 2.04 bits per heavy atom. The van der Waals surface area contributed by atoms with Crippen LogP contribution in [0, 0.1) is 0 Å². The van der Waals surface area contributed by atoms with E-state index in [0.29, 0.717) is 0 Å². The SMILES string of the molecule is CN1CCCC1CCNC(C)(C)c1cn(-c2ccccc2)nn1. The van der Waals surface area contributed by atoms with Crippen LogP contribution in [0.2, 0.25) is 0 Å². The number of benzene rings is 1. The minimum atomic E-state index is -0.176. The molecule has 2 heterocycles. The van der Waals surface area contributed by atoms with Crippen LogP contribution in [-0.4, -0.2) is 46.1 Å². The lowest BCUT2D eigenvalue weighted by Gasteiger charge is -2.26. The van der Waals surface area contributed by atoms with Crippen molar-refractivity contribution in [2.45, 2.75) is 44.7 Å². The summed E-state index contributed by atoms with van der Waals surface area (Å²) in [7, 11) is 2.23. The highest BCUT2D eigenvalue weighted by Gasteiger charge is 2.25. The standard InChI is InChI=1S/C18H27N5/c1-18(2,19-12-11-15-10-7-13-22(15)3)17-14-23(21-20-17)16-8-5-4-6-9-16/h4-6,8-9,14-15,19H,7,10-13H2,1-3H3. The van der Waals surface area contributed by atoms with Crippen molar-refractivity contribution in [3.8, 4) is 5.69 Å². The molecule has 1 saturated heterocycles. The van der Waals surface area contributed by atoms with Crippen molar-refractivity contribution in [3.05, 3.63) is 42.2 Å². The molecule has 0 saturated carbocycles. The molecule has 1 aliphatic rings. The van der Waals surface area contributed by atoms with Gasteiger partial charge in [-0.2, -0.15) is 0 Å². The molecule has 1 aromatic carbocycles. The van der Waals surface area contributed by atoms with E-state index in [9.17, 15) is 0 Å². The average Bonchev–Trinajstić information content (AvgIpc) is 3.18. The normalized spacial score (nSPS) is 19.3. The number of hydrogen-bond acceptors (Lipinski definition) is 4. The highest BCUT2D eigenvalue weighted by atomic mass is 15.4. The van der Waals surface area contributed by atoms with E-state index in [0.717, 1.165) is 24.0 Å². The minimum absolute atomic E-state index is 0.176. The number of nitrogens with one attached hydrogen (secondary N) is 1. The summed E-state index contributed by atoms with van der Waals surface area (Å²) in [5, 5.41) is 12.3. The molecule has 1 N–H and O–H groups in total. The summed E-state index contributed by atoms with van der Waals surface area (Å²) in [4.78, 5) is 2.47. The molecule has 1 aliphatic heterocycles. The third-order valence-corrected chi connectivity index (χ3v) is 4.87. The van der Waals surface area contributed by atoms with Crippen molar-refractivity contribution < 1.29 is 0 Å². The van der Waals surface area contributed by atoms with Crippen LogP contribution in [-0.2, 0) is 5.54 Å². The van der Waals surface area contributed by atoms with Crippen LogP contribution in [0.4, 0.5) is 0 Å². The molecule has 1 unspecified atom stereocenters. The zero-order valence-electron chi connectivity index (χ0n) is 14.4. The maximum atomic E-state index is 4.37. The zero-order chi connectivity index (χ0) is 16.3. The number of aromatic nitrogens is 3. The fourth-order valence-corrected chi connectivity index (χ4v) is 3.24. The molecular weight excluding hydrogens is 286 g/mol. The van der Waals surface area contributed by atoms with Gasteiger partial charge < -0.3 is 10.2 Å². The lowest BCUT2D eigenvalue weighted by Crippen LogP contribution is -2.39. The third kappa shape index (κ3) is 3.79. The second kappa shape index (κ2) is 6.81. The Balaban J connectivity index is 1.60. The van der Waals surface area contributed by atoms with Crippen LogP contribution in [0.15, 0.2) is 36.5 Å². The van der Waals surface area contributed by atoms with Gasteiger partial charge in [-0.05, 0) is 65.4 Å². The molecule has 1 aromatic heterocycles. The van der Waals surface area contributed by atoms with E-state index in [-0.39, 0.29) is 5.54 Å². The van der Waals surface area contributed by atoms with Gasteiger partial charge in [-0.15, -0.1) is 5.10 Å². The highest BCUT2D eigenvalue weighted by Crippen LogP contribution is 2.21. The quantitative estimate of drug-likeness (QED) is 0.890. The van der Waals surface area contributed by atoms with Gasteiger partial charge in [0, 0.05) is 6.04 Å².